The van der Waals surface area contributed by atoms with Crippen molar-refractivity contribution in [3.05, 3.63) is 72.3 Å². The van der Waals surface area contributed by atoms with Gasteiger partial charge in [0.15, 0.2) is 0 Å². The van der Waals surface area contributed by atoms with E-state index in [-0.39, 0.29) is 12.1 Å². The lowest BCUT2D eigenvalue weighted by Crippen LogP contribution is -2.48. The lowest BCUT2D eigenvalue weighted by Gasteiger charge is -2.32. The molecule has 0 saturated carbocycles. The third-order valence-corrected chi connectivity index (χ3v) is 7.03. The van der Waals surface area contributed by atoms with Crippen LogP contribution in [-0.4, -0.2) is 77.1 Å². The summed E-state index contributed by atoms with van der Waals surface area (Å²) in [6, 6.07) is 11.6. The predicted molar refractivity (Wildman–Crippen MR) is 154 cm³/mol. The van der Waals surface area contributed by atoms with Crippen molar-refractivity contribution in [2.45, 2.75) is 19.4 Å². The highest BCUT2D eigenvalue weighted by Crippen LogP contribution is 2.30. The van der Waals surface area contributed by atoms with Gasteiger partial charge in [0.1, 0.15) is 30.0 Å². The fourth-order valence-corrected chi connectivity index (χ4v) is 4.76. The summed E-state index contributed by atoms with van der Waals surface area (Å²) < 4.78 is 6.20. The zero-order valence-corrected chi connectivity index (χ0v) is 22.0. The summed E-state index contributed by atoms with van der Waals surface area (Å²) in [5.74, 6) is 2.15. The van der Waals surface area contributed by atoms with Crippen molar-refractivity contribution in [3.8, 4) is 5.75 Å². The number of rotatable bonds is 5. The lowest BCUT2D eigenvalue weighted by atomic mass is 10.1. The molecule has 2 aliphatic heterocycles. The third-order valence-electron chi connectivity index (χ3n) is 7.03. The second kappa shape index (κ2) is 10.7. The van der Waals surface area contributed by atoms with E-state index < -0.39 is 0 Å². The molecule has 3 aliphatic rings. The normalized spacial score (nSPS) is 18.8. The Balaban J connectivity index is 1.18. The van der Waals surface area contributed by atoms with Gasteiger partial charge in [-0.05, 0) is 62.0 Å². The van der Waals surface area contributed by atoms with E-state index in [4.69, 9.17) is 4.74 Å². The first-order valence-electron chi connectivity index (χ1n) is 13.0. The van der Waals surface area contributed by atoms with E-state index in [2.05, 4.69) is 42.5 Å². The zero-order chi connectivity index (χ0) is 26.8. The predicted octanol–water partition coefficient (Wildman–Crippen LogP) is 4.54. The molecule has 2 amide bonds. The summed E-state index contributed by atoms with van der Waals surface area (Å²) in [7, 11) is 2.07. The third kappa shape index (κ3) is 5.65. The van der Waals surface area contributed by atoms with Crippen molar-refractivity contribution < 1.29 is 9.53 Å². The number of fused-ring (bicyclic) bond motifs is 3. The number of anilines is 3. The van der Waals surface area contributed by atoms with Crippen LogP contribution in [0.5, 0.6) is 5.75 Å². The number of carbonyl (C=O) groups excluding carboxylic acids is 1. The molecule has 6 rings (SSSR count). The Bertz CT molecular complexity index is 1540. The van der Waals surface area contributed by atoms with Crippen LogP contribution in [0.2, 0.25) is 0 Å². The molecule has 0 radical (unpaired) electrons. The van der Waals surface area contributed by atoms with Crippen LogP contribution >= 0.6 is 0 Å². The standard InChI is InChI=1S/C29H30N8O2/c1-19-13-21(5-8-27(19)39-24-6-3-20-14-23(15-24)31-17-30-20)34-28-25-16-22(4-7-26(25)32-18-33-28)35-29(38)37-11-9-36(2)10-12-37/h3-8,13,15-18,20H,9-12,14H2,1-2H3,(H,35,38)(H,32,33,34). The van der Waals surface area contributed by atoms with E-state index in [9.17, 15) is 4.79 Å². The van der Waals surface area contributed by atoms with Crippen molar-refractivity contribution in [1.82, 2.24) is 19.8 Å². The van der Waals surface area contributed by atoms with E-state index in [1.165, 1.54) is 6.33 Å². The number of nitrogens with one attached hydrogen (secondary N) is 2. The second-order valence-corrected chi connectivity index (χ2v) is 9.94. The number of aromatic nitrogens is 2. The molecular formula is C29H30N8O2. The Kier molecular flexibility index (Phi) is 6.76. The summed E-state index contributed by atoms with van der Waals surface area (Å²) in [5, 5.41) is 7.25. The van der Waals surface area contributed by atoms with Gasteiger partial charge in [-0.25, -0.2) is 19.8 Å². The van der Waals surface area contributed by atoms with Gasteiger partial charge in [-0.2, -0.15) is 0 Å². The van der Waals surface area contributed by atoms with Crippen molar-refractivity contribution in [2.24, 2.45) is 9.98 Å². The van der Waals surface area contributed by atoms with Gasteiger partial charge in [-0.1, -0.05) is 6.08 Å². The Morgan fingerprint density at radius 3 is 2.74 bits per heavy atom. The van der Waals surface area contributed by atoms with Crippen LogP contribution in [0, 0.1) is 6.92 Å². The first kappa shape index (κ1) is 24.7. The smallest absolute Gasteiger partial charge is 0.321 e. The zero-order valence-electron chi connectivity index (χ0n) is 22.0. The van der Waals surface area contributed by atoms with E-state index in [1.54, 1.807) is 6.34 Å². The highest BCUT2D eigenvalue weighted by Gasteiger charge is 2.19. The van der Waals surface area contributed by atoms with E-state index in [0.717, 1.165) is 58.9 Å². The molecule has 3 heterocycles. The maximum absolute atomic E-state index is 12.8. The summed E-state index contributed by atoms with van der Waals surface area (Å²) >= 11 is 0. The molecule has 2 bridgehead atoms. The fraction of sp³-hybridized carbons (Fsp3) is 0.276. The van der Waals surface area contributed by atoms with Gasteiger partial charge >= 0.3 is 6.03 Å². The fourth-order valence-electron chi connectivity index (χ4n) is 4.76. The van der Waals surface area contributed by atoms with Gasteiger partial charge in [0, 0.05) is 61.1 Å². The molecule has 2 N–H and O–H groups in total. The number of nitrogens with zero attached hydrogens (tertiary/aromatic N) is 6. The van der Waals surface area contributed by atoms with Crippen molar-refractivity contribution in [3.63, 3.8) is 0 Å². The van der Waals surface area contributed by atoms with Crippen LogP contribution in [0.4, 0.5) is 22.0 Å². The molecule has 198 valence electrons. The highest BCUT2D eigenvalue weighted by atomic mass is 16.5. The Morgan fingerprint density at radius 1 is 1.05 bits per heavy atom. The number of aliphatic imine (C=N–C) groups is 2. The number of amides is 2. The molecular weight excluding hydrogens is 492 g/mol. The Morgan fingerprint density at radius 2 is 1.90 bits per heavy atom. The minimum Gasteiger partial charge on any atom is -0.457 e. The van der Waals surface area contributed by atoms with Crippen LogP contribution in [0.15, 0.2) is 76.7 Å². The monoisotopic (exact) mass is 522 g/mol. The highest BCUT2D eigenvalue weighted by molar-refractivity contribution is 6.02. The van der Waals surface area contributed by atoms with E-state index >= 15 is 0 Å². The summed E-state index contributed by atoms with van der Waals surface area (Å²) in [4.78, 5) is 34.4. The SMILES string of the molecule is Cc1cc(Nc2ncnc3ccc(NC(=O)N4CCN(C)CC4)cc23)ccc1OC1=CC2=NC=NC(C=C1)C2. The number of piperazine rings is 1. The van der Waals surface area contributed by atoms with Crippen molar-refractivity contribution in [1.29, 1.82) is 0 Å². The summed E-state index contributed by atoms with van der Waals surface area (Å²) in [6.07, 6.45) is 9.88. The molecule has 2 aromatic carbocycles. The number of benzene rings is 2. The van der Waals surface area contributed by atoms with Gasteiger partial charge in [0.2, 0.25) is 0 Å². The molecule has 39 heavy (non-hydrogen) atoms. The quantitative estimate of drug-likeness (QED) is 0.510. The molecule has 10 heteroatoms. The van der Waals surface area contributed by atoms with Gasteiger partial charge in [0.25, 0.3) is 0 Å². The molecule has 1 fully saturated rings. The van der Waals surface area contributed by atoms with Gasteiger partial charge in [-0.15, -0.1) is 0 Å². The number of ether oxygens (including phenoxy) is 1. The first-order chi connectivity index (χ1) is 19.0. The maximum Gasteiger partial charge on any atom is 0.321 e. The molecule has 10 nitrogen and oxygen atoms in total. The number of hydrogen-bond donors (Lipinski definition) is 2. The van der Waals surface area contributed by atoms with E-state index in [1.807, 2.05) is 66.4 Å². The van der Waals surface area contributed by atoms with Gasteiger partial charge in [-0.3, -0.25) is 4.99 Å². The minimum atomic E-state index is -0.0956. The van der Waals surface area contributed by atoms with Crippen LogP contribution in [-0.2, 0) is 0 Å². The second-order valence-electron chi connectivity index (χ2n) is 9.94. The van der Waals surface area contributed by atoms with Crippen molar-refractivity contribution >= 4 is 46.2 Å². The molecule has 1 atom stereocenters. The number of carbonyl (C=O) groups is 1. The summed E-state index contributed by atoms with van der Waals surface area (Å²) in [6.45, 7) is 5.17. The lowest BCUT2D eigenvalue weighted by molar-refractivity contribution is 0.164. The number of urea groups is 1. The van der Waals surface area contributed by atoms with Crippen LogP contribution in [0.3, 0.4) is 0 Å². The average Bonchev–Trinajstić information content (AvgIpc) is 3.07. The Labute approximate surface area is 226 Å². The minimum absolute atomic E-state index is 0.0956. The summed E-state index contributed by atoms with van der Waals surface area (Å²) in [5.41, 5.74) is 4.28. The number of allylic oxidation sites excluding steroid dienone is 2. The number of likely N-dealkylation sites (N-methyl/N-ethyl adjacent to an activating group) is 1. The number of hydrogen-bond acceptors (Lipinski definition) is 8. The molecule has 1 aliphatic carbocycles. The largest absolute Gasteiger partial charge is 0.457 e. The van der Waals surface area contributed by atoms with Crippen LogP contribution in [0.1, 0.15) is 12.0 Å². The molecule has 0 spiro atoms. The van der Waals surface area contributed by atoms with Gasteiger partial charge in [0.05, 0.1) is 11.6 Å². The number of aryl methyl sites for hydroxylation is 1. The van der Waals surface area contributed by atoms with Gasteiger partial charge < -0.3 is 25.2 Å². The molecule has 1 aromatic heterocycles. The Hall–Kier alpha value is -4.57. The van der Waals surface area contributed by atoms with Crippen LogP contribution in [0.25, 0.3) is 10.9 Å². The topological polar surface area (TPSA) is 107 Å². The maximum atomic E-state index is 12.8. The van der Waals surface area contributed by atoms with Crippen molar-refractivity contribution in [2.75, 3.05) is 43.9 Å². The molecule has 1 unspecified atom stereocenters. The molecule has 1 saturated heterocycles. The average molecular weight is 523 g/mol. The molecule has 3 aromatic rings. The van der Waals surface area contributed by atoms with E-state index in [0.29, 0.717) is 24.6 Å². The van der Waals surface area contributed by atoms with Crippen LogP contribution < -0.4 is 15.4 Å². The first-order valence-corrected chi connectivity index (χ1v) is 13.0.